The average Bonchev–Trinajstić information content (AvgIpc) is 3.34. The lowest BCUT2D eigenvalue weighted by molar-refractivity contribution is 0.0621. The molecular formula is C22H30IN5OS. The molecule has 0 spiro atoms. The minimum Gasteiger partial charge on any atom is -0.384 e. The highest BCUT2D eigenvalue weighted by molar-refractivity contribution is 14.0. The zero-order valence-electron chi connectivity index (χ0n) is 17.8. The zero-order chi connectivity index (χ0) is 20.9. The van der Waals surface area contributed by atoms with Crippen LogP contribution in [-0.4, -0.2) is 33.9 Å². The number of aliphatic imine (C=N–C) groups is 1. The second-order valence-electron chi connectivity index (χ2n) is 7.30. The molecule has 0 aliphatic rings. The van der Waals surface area contributed by atoms with Crippen molar-refractivity contribution in [3.05, 3.63) is 69.7 Å². The Balaban J connectivity index is 0.00000320. The van der Waals surface area contributed by atoms with Gasteiger partial charge in [0, 0.05) is 12.2 Å². The SMILES string of the molecule is CCNC(=NCc1ccccc1-n1nc(C)cc1C)NCC(C)(O)c1ccsc1.I. The van der Waals surface area contributed by atoms with Gasteiger partial charge in [0.05, 0.1) is 24.5 Å². The number of benzene rings is 1. The van der Waals surface area contributed by atoms with Gasteiger partial charge in [-0.3, -0.25) is 0 Å². The average molecular weight is 539 g/mol. The topological polar surface area (TPSA) is 74.5 Å². The number of hydrogen-bond donors (Lipinski definition) is 3. The van der Waals surface area contributed by atoms with Crippen LogP contribution < -0.4 is 10.6 Å². The first-order valence-electron chi connectivity index (χ1n) is 9.79. The van der Waals surface area contributed by atoms with Gasteiger partial charge in [0.15, 0.2) is 5.96 Å². The van der Waals surface area contributed by atoms with Gasteiger partial charge in [-0.15, -0.1) is 24.0 Å². The molecule has 1 aromatic carbocycles. The van der Waals surface area contributed by atoms with E-state index in [4.69, 9.17) is 4.99 Å². The second kappa shape index (κ2) is 10.9. The van der Waals surface area contributed by atoms with E-state index in [1.807, 2.05) is 54.4 Å². The maximum atomic E-state index is 10.8. The molecule has 2 heterocycles. The third-order valence-corrected chi connectivity index (χ3v) is 5.41. The first-order chi connectivity index (χ1) is 13.9. The minimum absolute atomic E-state index is 0. The predicted octanol–water partition coefficient (Wildman–Crippen LogP) is 4.13. The molecule has 3 N–H and O–H groups in total. The number of para-hydroxylation sites is 1. The van der Waals surface area contributed by atoms with Crippen LogP contribution in [0.5, 0.6) is 0 Å². The Morgan fingerprint density at radius 2 is 2.00 bits per heavy atom. The van der Waals surface area contributed by atoms with E-state index in [-0.39, 0.29) is 24.0 Å². The normalized spacial score (nSPS) is 13.4. The summed E-state index contributed by atoms with van der Waals surface area (Å²) < 4.78 is 1.96. The van der Waals surface area contributed by atoms with Crippen molar-refractivity contribution in [3.8, 4) is 5.69 Å². The number of guanidine groups is 1. The zero-order valence-corrected chi connectivity index (χ0v) is 21.0. The fraction of sp³-hybridized carbons (Fsp3) is 0.364. The third kappa shape index (κ3) is 6.05. The quantitative estimate of drug-likeness (QED) is 0.240. The lowest BCUT2D eigenvalue weighted by atomic mass is 9.99. The molecule has 3 rings (SSSR count). The molecule has 6 nitrogen and oxygen atoms in total. The highest BCUT2D eigenvalue weighted by Gasteiger charge is 2.23. The fourth-order valence-electron chi connectivity index (χ4n) is 3.16. The number of aryl methyl sites for hydroxylation is 2. The molecule has 1 unspecified atom stereocenters. The number of nitrogens with one attached hydrogen (secondary N) is 2. The second-order valence-corrected chi connectivity index (χ2v) is 8.08. The van der Waals surface area contributed by atoms with Gasteiger partial charge in [-0.2, -0.15) is 16.4 Å². The molecule has 0 amide bonds. The molecule has 0 bridgehead atoms. The van der Waals surface area contributed by atoms with Crippen molar-refractivity contribution < 1.29 is 5.11 Å². The van der Waals surface area contributed by atoms with Crippen LogP contribution in [0, 0.1) is 13.8 Å². The number of aliphatic hydroxyl groups is 1. The van der Waals surface area contributed by atoms with Crippen molar-refractivity contribution in [2.24, 2.45) is 4.99 Å². The molecule has 2 aromatic heterocycles. The number of halogens is 1. The van der Waals surface area contributed by atoms with Crippen LogP contribution in [0.15, 0.2) is 52.2 Å². The van der Waals surface area contributed by atoms with Crippen molar-refractivity contribution in [2.45, 2.75) is 39.8 Å². The van der Waals surface area contributed by atoms with Gasteiger partial charge < -0.3 is 15.7 Å². The Kier molecular flexibility index (Phi) is 8.87. The minimum atomic E-state index is -0.961. The summed E-state index contributed by atoms with van der Waals surface area (Å²) in [4.78, 5) is 4.74. The van der Waals surface area contributed by atoms with E-state index in [0.29, 0.717) is 19.0 Å². The van der Waals surface area contributed by atoms with Gasteiger partial charge in [0.2, 0.25) is 0 Å². The highest BCUT2D eigenvalue weighted by Crippen LogP contribution is 2.22. The smallest absolute Gasteiger partial charge is 0.191 e. The van der Waals surface area contributed by atoms with Crippen molar-refractivity contribution >= 4 is 41.3 Å². The van der Waals surface area contributed by atoms with Gasteiger partial charge in [-0.1, -0.05) is 18.2 Å². The van der Waals surface area contributed by atoms with Crippen LogP contribution >= 0.6 is 35.3 Å². The Hall–Kier alpha value is -1.91. The molecule has 162 valence electrons. The van der Waals surface area contributed by atoms with Crippen LogP contribution in [0.2, 0.25) is 0 Å². The molecule has 0 radical (unpaired) electrons. The molecule has 0 aliphatic heterocycles. The van der Waals surface area contributed by atoms with Gasteiger partial charge in [-0.05, 0) is 67.8 Å². The van der Waals surface area contributed by atoms with Gasteiger partial charge in [0.25, 0.3) is 0 Å². The first kappa shape index (κ1) is 24.4. The number of nitrogens with zero attached hydrogens (tertiary/aromatic N) is 3. The molecule has 0 saturated heterocycles. The molecule has 8 heteroatoms. The van der Waals surface area contributed by atoms with Crippen LogP contribution in [0.25, 0.3) is 5.69 Å². The van der Waals surface area contributed by atoms with Crippen LogP contribution in [0.4, 0.5) is 0 Å². The van der Waals surface area contributed by atoms with Crippen molar-refractivity contribution in [1.29, 1.82) is 0 Å². The molecule has 1 atom stereocenters. The number of aromatic nitrogens is 2. The number of thiophene rings is 1. The van der Waals surface area contributed by atoms with E-state index in [2.05, 4.69) is 40.9 Å². The van der Waals surface area contributed by atoms with Gasteiger partial charge >= 0.3 is 0 Å². The molecule has 30 heavy (non-hydrogen) atoms. The number of rotatable bonds is 7. The van der Waals surface area contributed by atoms with Crippen molar-refractivity contribution in [3.63, 3.8) is 0 Å². The summed E-state index contributed by atoms with van der Waals surface area (Å²) in [6.07, 6.45) is 0. The summed E-state index contributed by atoms with van der Waals surface area (Å²) in [6, 6.07) is 12.2. The van der Waals surface area contributed by atoms with E-state index in [0.717, 1.165) is 34.7 Å². The Morgan fingerprint density at radius 3 is 2.63 bits per heavy atom. The first-order valence-corrected chi connectivity index (χ1v) is 10.7. The Morgan fingerprint density at radius 1 is 1.23 bits per heavy atom. The van der Waals surface area contributed by atoms with Crippen LogP contribution in [-0.2, 0) is 12.1 Å². The molecule has 3 aromatic rings. The van der Waals surface area contributed by atoms with Crippen LogP contribution in [0.3, 0.4) is 0 Å². The largest absolute Gasteiger partial charge is 0.384 e. The molecular weight excluding hydrogens is 509 g/mol. The van der Waals surface area contributed by atoms with E-state index in [1.165, 1.54) is 0 Å². The summed E-state index contributed by atoms with van der Waals surface area (Å²) in [5.74, 6) is 0.672. The van der Waals surface area contributed by atoms with E-state index >= 15 is 0 Å². The van der Waals surface area contributed by atoms with Gasteiger partial charge in [-0.25, -0.2) is 9.67 Å². The fourth-order valence-corrected chi connectivity index (χ4v) is 3.94. The standard InChI is InChI=1S/C22H29N5OS.HI/c1-5-23-21(25-15-22(4,28)19-10-11-29-14-19)24-13-18-8-6-7-9-20(18)27-17(3)12-16(2)26-27;/h6-12,14,28H,5,13,15H2,1-4H3,(H2,23,24,25);1H. The Bertz CT molecular complexity index is 966. The van der Waals surface area contributed by atoms with E-state index in [9.17, 15) is 5.11 Å². The molecule has 0 saturated carbocycles. The summed E-state index contributed by atoms with van der Waals surface area (Å²) >= 11 is 1.58. The Labute approximate surface area is 199 Å². The lowest BCUT2D eigenvalue weighted by Gasteiger charge is -2.24. The maximum Gasteiger partial charge on any atom is 0.191 e. The lowest BCUT2D eigenvalue weighted by Crippen LogP contribution is -2.44. The predicted molar refractivity (Wildman–Crippen MR) is 135 cm³/mol. The van der Waals surface area contributed by atoms with Crippen molar-refractivity contribution in [1.82, 2.24) is 20.4 Å². The number of hydrogen-bond acceptors (Lipinski definition) is 4. The summed E-state index contributed by atoms with van der Waals surface area (Å²) in [5, 5.41) is 25.8. The third-order valence-electron chi connectivity index (χ3n) is 4.72. The van der Waals surface area contributed by atoms with Gasteiger partial charge in [0.1, 0.15) is 5.60 Å². The summed E-state index contributed by atoms with van der Waals surface area (Å²) in [5.41, 5.74) is 4.14. The van der Waals surface area contributed by atoms with Crippen molar-refractivity contribution in [2.75, 3.05) is 13.1 Å². The highest BCUT2D eigenvalue weighted by atomic mass is 127. The summed E-state index contributed by atoms with van der Waals surface area (Å²) in [7, 11) is 0. The van der Waals surface area contributed by atoms with E-state index in [1.54, 1.807) is 11.3 Å². The van der Waals surface area contributed by atoms with Crippen LogP contribution in [0.1, 0.15) is 36.4 Å². The molecule has 0 fully saturated rings. The monoisotopic (exact) mass is 539 g/mol. The van der Waals surface area contributed by atoms with E-state index < -0.39 is 5.60 Å². The molecule has 0 aliphatic carbocycles. The summed E-state index contributed by atoms with van der Waals surface area (Å²) in [6.45, 7) is 9.50. The maximum absolute atomic E-state index is 10.8.